The van der Waals surface area contributed by atoms with Crippen molar-refractivity contribution in [1.29, 1.82) is 0 Å². The molecule has 0 saturated carbocycles. The number of nitrogens with one attached hydrogen (secondary N) is 1. The third-order valence-electron chi connectivity index (χ3n) is 1.42. The summed E-state index contributed by atoms with van der Waals surface area (Å²) in [5.74, 6) is -1.86. The van der Waals surface area contributed by atoms with Crippen LogP contribution in [0, 0.1) is 11.6 Å². The van der Waals surface area contributed by atoms with Crippen molar-refractivity contribution in [1.82, 2.24) is 0 Å². The number of rotatable bonds is 1. The van der Waals surface area contributed by atoms with E-state index in [0.29, 0.717) is 6.07 Å². The van der Waals surface area contributed by atoms with E-state index in [9.17, 15) is 8.78 Å². The van der Waals surface area contributed by atoms with Crippen molar-refractivity contribution in [2.75, 3.05) is 0 Å². The Morgan fingerprint density at radius 3 is 2.40 bits per heavy atom. The lowest BCUT2D eigenvalue weighted by Crippen LogP contribution is -2.84. The van der Waals surface area contributed by atoms with Crippen molar-refractivity contribution < 1.29 is 13.8 Å². The van der Waals surface area contributed by atoms with Crippen molar-refractivity contribution in [2.45, 2.75) is 0 Å². The van der Waals surface area contributed by atoms with Crippen LogP contribution < -0.4 is 22.2 Å². The quantitative estimate of drug-likeness (QED) is 0.329. The summed E-state index contributed by atoms with van der Waals surface area (Å²) in [6.45, 7) is 0. The van der Waals surface area contributed by atoms with Gasteiger partial charge in [-0.2, -0.15) is 0 Å². The first-order valence-corrected chi connectivity index (χ1v) is 3.93. The molecule has 7 N–H and O–H groups in total. The van der Waals surface area contributed by atoms with Gasteiger partial charge in [0.2, 0.25) is 0 Å². The van der Waals surface area contributed by atoms with Crippen molar-refractivity contribution in [3.05, 3.63) is 29.8 Å². The molecule has 15 heavy (non-hydrogen) atoms. The molecule has 80 valence electrons. The van der Waals surface area contributed by atoms with Gasteiger partial charge in [-0.15, -0.1) is 4.99 Å². The van der Waals surface area contributed by atoms with E-state index in [1.165, 1.54) is 0 Å². The van der Waals surface area contributed by atoms with Gasteiger partial charge in [0, 0.05) is 6.07 Å². The normalized spacial score (nSPS) is 11.2. The van der Waals surface area contributed by atoms with E-state index in [0.717, 1.165) is 12.1 Å². The summed E-state index contributed by atoms with van der Waals surface area (Å²) in [5.41, 5.74) is 15.4. The van der Waals surface area contributed by atoms with E-state index in [2.05, 4.69) is 9.98 Å². The first-order valence-electron chi connectivity index (χ1n) is 3.93. The molecule has 0 aliphatic rings. The smallest absolute Gasteiger partial charge is 0.316 e. The fourth-order valence-corrected chi connectivity index (χ4v) is 0.878. The molecule has 0 bridgehead atoms. The molecule has 1 aromatic carbocycles. The predicted molar refractivity (Wildman–Crippen MR) is 52.0 cm³/mol. The van der Waals surface area contributed by atoms with Crippen molar-refractivity contribution in [3.63, 3.8) is 0 Å². The lowest BCUT2D eigenvalue weighted by Gasteiger charge is -1.94. The maximum absolute atomic E-state index is 13.0. The third-order valence-corrected chi connectivity index (χ3v) is 1.42. The highest BCUT2D eigenvalue weighted by atomic mass is 19.1. The van der Waals surface area contributed by atoms with E-state index in [-0.39, 0.29) is 17.6 Å². The Morgan fingerprint density at radius 2 is 1.87 bits per heavy atom. The van der Waals surface area contributed by atoms with Crippen LogP contribution in [0.2, 0.25) is 0 Å². The molecule has 0 aliphatic heterocycles. The molecule has 5 nitrogen and oxygen atoms in total. The highest BCUT2D eigenvalue weighted by Gasteiger charge is 2.05. The van der Waals surface area contributed by atoms with E-state index in [4.69, 9.17) is 17.2 Å². The van der Waals surface area contributed by atoms with Crippen LogP contribution in [-0.2, 0) is 0 Å². The van der Waals surface area contributed by atoms with Crippen molar-refractivity contribution in [3.8, 4) is 0 Å². The molecule has 1 aromatic rings. The van der Waals surface area contributed by atoms with Gasteiger partial charge in [-0.05, 0) is 12.1 Å². The van der Waals surface area contributed by atoms with Gasteiger partial charge in [-0.3, -0.25) is 0 Å². The van der Waals surface area contributed by atoms with Gasteiger partial charge >= 0.3 is 5.96 Å². The molecule has 0 aliphatic carbocycles. The topological polar surface area (TPSA) is 104 Å². The molecule has 0 radical (unpaired) electrons. The third kappa shape index (κ3) is 3.22. The molecule has 0 aromatic heterocycles. The zero-order chi connectivity index (χ0) is 11.4. The van der Waals surface area contributed by atoms with Gasteiger partial charge in [0.25, 0.3) is 5.96 Å². The van der Waals surface area contributed by atoms with E-state index < -0.39 is 11.6 Å². The number of hydrogen-bond acceptors (Lipinski definition) is 1. The minimum Gasteiger partial charge on any atom is -0.323 e. The standard InChI is InChI=1S/C8H9F2N5/c9-4-1-2-6(5(10)3-4)14-8(13)15-7(11)12/h1-3H,(H6,11,12,13,14,15)/p+1. The summed E-state index contributed by atoms with van der Waals surface area (Å²) in [5, 5.41) is 0. The maximum atomic E-state index is 13.0. The maximum Gasteiger partial charge on any atom is 0.316 e. The molecule has 0 saturated heterocycles. The van der Waals surface area contributed by atoms with E-state index >= 15 is 0 Å². The van der Waals surface area contributed by atoms with Gasteiger partial charge in [0.05, 0.1) is 0 Å². The number of halogens is 2. The molecule has 0 fully saturated rings. The fraction of sp³-hybridized carbons (Fsp3) is 0. The van der Waals surface area contributed by atoms with Crippen LogP contribution in [0.1, 0.15) is 0 Å². The monoisotopic (exact) mass is 214 g/mol. The first kappa shape index (κ1) is 10.9. The summed E-state index contributed by atoms with van der Waals surface area (Å²) < 4.78 is 25.6. The zero-order valence-electron chi connectivity index (χ0n) is 7.67. The van der Waals surface area contributed by atoms with Gasteiger partial charge in [-0.25, -0.2) is 13.8 Å². The molecule has 1 rings (SSSR count). The summed E-state index contributed by atoms with van der Waals surface area (Å²) in [4.78, 5) is 5.87. The molecule has 0 heterocycles. The van der Waals surface area contributed by atoms with Crippen LogP contribution in [-0.4, -0.2) is 11.9 Å². The van der Waals surface area contributed by atoms with Crippen LogP contribution in [0.5, 0.6) is 0 Å². The number of benzene rings is 1. The van der Waals surface area contributed by atoms with Gasteiger partial charge in [0.1, 0.15) is 11.5 Å². The summed E-state index contributed by atoms with van der Waals surface area (Å²) in [7, 11) is 0. The Morgan fingerprint density at radius 1 is 1.20 bits per heavy atom. The second kappa shape index (κ2) is 4.36. The van der Waals surface area contributed by atoms with Crippen LogP contribution >= 0.6 is 0 Å². The first-order chi connectivity index (χ1) is 6.99. The largest absolute Gasteiger partial charge is 0.323 e. The highest BCUT2D eigenvalue weighted by Crippen LogP contribution is 2.17. The highest BCUT2D eigenvalue weighted by molar-refractivity contribution is 5.79. The number of hydrogen-bond donors (Lipinski definition) is 4. The number of guanidine groups is 2. The minimum absolute atomic E-state index is 0.109. The van der Waals surface area contributed by atoms with Crippen LogP contribution in [0.3, 0.4) is 0 Å². The Balaban J connectivity index is 3.03. The fourth-order valence-electron chi connectivity index (χ4n) is 0.878. The summed E-state index contributed by atoms with van der Waals surface area (Å²) >= 11 is 0. The lowest BCUT2D eigenvalue weighted by molar-refractivity contribution is -0.320. The van der Waals surface area contributed by atoms with E-state index in [1.54, 1.807) is 0 Å². The van der Waals surface area contributed by atoms with Crippen molar-refractivity contribution in [2.24, 2.45) is 22.2 Å². The van der Waals surface area contributed by atoms with Crippen LogP contribution in [0.4, 0.5) is 14.5 Å². The Kier molecular flexibility index (Phi) is 3.17. The summed E-state index contributed by atoms with van der Waals surface area (Å²) in [6.07, 6.45) is 0. The SMILES string of the molecule is NC(=Nc1ccc(F)cc1F)[NH+]=C(N)N. The predicted octanol–water partition coefficient (Wildman–Crippen LogP) is -1.73. The second-order valence-electron chi connectivity index (χ2n) is 2.67. The Labute approximate surface area is 84.3 Å². The second-order valence-corrected chi connectivity index (χ2v) is 2.67. The molecule has 0 unspecified atom stereocenters. The van der Waals surface area contributed by atoms with Crippen LogP contribution in [0.25, 0.3) is 0 Å². The molecule has 0 atom stereocenters. The van der Waals surface area contributed by atoms with Gasteiger partial charge in [-0.1, -0.05) is 0 Å². The molecular formula is C8H10F2N5+. The number of nitrogens with two attached hydrogens (primary N) is 3. The molecule has 7 heteroatoms. The number of nitrogens with zero attached hydrogens (tertiary/aromatic N) is 1. The zero-order valence-corrected chi connectivity index (χ0v) is 7.67. The van der Waals surface area contributed by atoms with E-state index in [1.807, 2.05) is 0 Å². The minimum atomic E-state index is -0.824. The van der Waals surface area contributed by atoms with Crippen LogP contribution in [0.15, 0.2) is 23.2 Å². The average molecular weight is 214 g/mol. The number of aliphatic imine (C=N–C) groups is 1. The Hall–Kier alpha value is -2.18. The molecular weight excluding hydrogens is 204 g/mol. The van der Waals surface area contributed by atoms with Crippen molar-refractivity contribution >= 4 is 17.6 Å². The average Bonchev–Trinajstić information content (AvgIpc) is 2.08. The lowest BCUT2D eigenvalue weighted by atomic mass is 10.3. The van der Waals surface area contributed by atoms with Gasteiger partial charge < -0.3 is 17.2 Å². The molecule has 0 spiro atoms. The Bertz CT molecular complexity index is 423. The molecule has 0 amide bonds. The van der Waals surface area contributed by atoms with Gasteiger partial charge in [0.15, 0.2) is 5.82 Å². The summed E-state index contributed by atoms with van der Waals surface area (Å²) in [6, 6.07) is 2.90.